The highest BCUT2D eigenvalue weighted by Crippen LogP contribution is 2.27. The first kappa shape index (κ1) is 16.0. The fraction of sp³-hybridized carbons (Fsp3) is 0.125. The molecule has 2 amide bonds. The summed E-state index contributed by atoms with van der Waals surface area (Å²) in [6, 6.07) is 10.3. The Morgan fingerprint density at radius 2 is 1.86 bits per heavy atom. The van der Waals surface area contributed by atoms with E-state index in [9.17, 15) is 14.0 Å². The zero-order chi connectivity index (χ0) is 16.3. The maximum absolute atomic E-state index is 13.5. The summed E-state index contributed by atoms with van der Waals surface area (Å²) in [5.74, 6) is -1.23. The van der Waals surface area contributed by atoms with Crippen LogP contribution in [0.25, 0.3) is 0 Å². The van der Waals surface area contributed by atoms with E-state index in [1.165, 1.54) is 24.0 Å². The van der Waals surface area contributed by atoms with Crippen molar-refractivity contribution in [1.29, 1.82) is 0 Å². The number of amides is 2. The molecule has 0 spiro atoms. The van der Waals surface area contributed by atoms with E-state index in [1.807, 2.05) is 0 Å². The van der Waals surface area contributed by atoms with Gasteiger partial charge in [-0.1, -0.05) is 23.7 Å². The van der Waals surface area contributed by atoms with Gasteiger partial charge in [0.2, 0.25) is 5.91 Å². The van der Waals surface area contributed by atoms with E-state index < -0.39 is 11.7 Å². The number of anilines is 2. The zero-order valence-electron chi connectivity index (χ0n) is 12.1. The first-order valence-electron chi connectivity index (χ1n) is 6.50. The van der Waals surface area contributed by atoms with Gasteiger partial charge in [0, 0.05) is 14.0 Å². The minimum absolute atomic E-state index is 0.197. The first-order valence-corrected chi connectivity index (χ1v) is 6.87. The fourth-order valence-corrected chi connectivity index (χ4v) is 2.13. The molecule has 0 atom stereocenters. The minimum Gasteiger partial charge on any atom is -0.320 e. The number of carbonyl (C=O) groups is 2. The van der Waals surface area contributed by atoms with Crippen molar-refractivity contribution >= 4 is 34.8 Å². The molecule has 0 bridgehead atoms. The monoisotopic (exact) mass is 320 g/mol. The normalized spacial score (nSPS) is 10.2. The molecule has 22 heavy (non-hydrogen) atoms. The molecular weight excluding hydrogens is 307 g/mol. The molecule has 0 aliphatic heterocycles. The third kappa shape index (κ3) is 3.43. The van der Waals surface area contributed by atoms with Gasteiger partial charge in [0.25, 0.3) is 5.91 Å². The van der Waals surface area contributed by atoms with Gasteiger partial charge in [-0.3, -0.25) is 9.59 Å². The van der Waals surface area contributed by atoms with Crippen LogP contribution in [0.2, 0.25) is 5.02 Å². The smallest absolute Gasteiger partial charge is 0.257 e. The number of halogens is 2. The van der Waals surface area contributed by atoms with Gasteiger partial charge >= 0.3 is 0 Å². The second-order valence-electron chi connectivity index (χ2n) is 4.67. The van der Waals surface area contributed by atoms with Crippen LogP contribution in [0.15, 0.2) is 42.5 Å². The molecule has 0 aromatic heterocycles. The molecule has 2 aromatic carbocycles. The highest BCUT2D eigenvalue weighted by Gasteiger charge is 2.16. The molecule has 0 saturated heterocycles. The molecule has 0 unspecified atom stereocenters. The number of hydrogen-bond acceptors (Lipinski definition) is 2. The Morgan fingerprint density at radius 3 is 2.50 bits per heavy atom. The van der Waals surface area contributed by atoms with E-state index in [4.69, 9.17) is 11.6 Å². The van der Waals surface area contributed by atoms with E-state index in [1.54, 1.807) is 31.3 Å². The van der Waals surface area contributed by atoms with Crippen LogP contribution in [-0.2, 0) is 4.79 Å². The van der Waals surface area contributed by atoms with Gasteiger partial charge in [-0.05, 0) is 30.3 Å². The number of rotatable bonds is 3. The van der Waals surface area contributed by atoms with Crippen LogP contribution in [0.5, 0.6) is 0 Å². The van der Waals surface area contributed by atoms with Gasteiger partial charge in [-0.2, -0.15) is 0 Å². The molecule has 1 N–H and O–H groups in total. The lowest BCUT2D eigenvalue weighted by atomic mass is 10.2. The van der Waals surface area contributed by atoms with Gasteiger partial charge in [0.05, 0.1) is 22.0 Å². The standard InChI is InChI=1S/C16H14ClFN2O2/c1-10(21)20(2)15-8-7-11(18)9-14(15)19-16(22)12-5-3-4-6-13(12)17/h3-9H,1-2H3,(H,19,22). The fourth-order valence-electron chi connectivity index (χ4n) is 1.91. The van der Waals surface area contributed by atoms with Gasteiger partial charge in [-0.25, -0.2) is 4.39 Å². The maximum Gasteiger partial charge on any atom is 0.257 e. The molecule has 114 valence electrons. The Morgan fingerprint density at radius 1 is 1.18 bits per heavy atom. The number of nitrogens with one attached hydrogen (secondary N) is 1. The Labute approximate surface area is 132 Å². The van der Waals surface area contributed by atoms with Crippen molar-refractivity contribution < 1.29 is 14.0 Å². The number of hydrogen-bond donors (Lipinski definition) is 1. The summed E-state index contributed by atoms with van der Waals surface area (Å²) in [5.41, 5.74) is 0.863. The molecular formula is C16H14ClFN2O2. The molecule has 0 aliphatic carbocycles. The van der Waals surface area contributed by atoms with Crippen molar-refractivity contribution in [3.05, 3.63) is 58.9 Å². The first-order chi connectivity index (χ1) is 10.4. The summed E-state index contributed by atoms with van der Waals surface area (Å²) in [6.07, 6.45) is 0. The van der Waals surface area contributed by atoms with E-state index in [2.05, 4.69) is 5.32 Å². The van der Waals surface area contributed by atoms with Gasteiger partial charge in [-0.15, -0.1) is 0 Å². The Hall–Kier alpha value is -2.40. The van der Waals surface area contributed by atoms with E-state index in [0.717, 1.165) is 6.07 Å². The molecule has 2 rings (SSSR count). The third-order valence-electron chi connectivity index (χ3n) is 3.16. The SMILES string of the molecule is CC(=O)N(C)c1ccc(F)cc1NC(=O)c1ccccc1Cl. The summed E-state index contributed by atoms with van der Waals surface area (Å²) < 4.78 is 13.5. The summed E-state index contributed by atoms with van der Waals surface area (Å²) in [6.45, 7) is 1.38. The lowest BCUT2D eigenvalue weighted by Gasteiger charge is -2.19. The summed E-state index contributed by atoms with van der Waals surface area (Å²) in [7, 11) is 1.54. The van der Waals surface area contributed by atoms with E-state index in [-0.39, 0.29) is 22.2 Å². The lowest BCUT2D eigenvalue weighted by Crippen LogP contribution is -2.25. The van der Waals surface area contributed by atoms with Crippen LogP contribution in [0.4, 0.5) is 15.8 Å². The minimum atomic E-state index is -0.518. The van der Waals surface area contributed by atoms with Gasteiger partial charge < -0.3 is 10.2 Å². The topological polar surface area (TPSA) is 49.4 Å². The van der Waals surface area contributed by atoms with Crippen molar-refractivity contribution in [2.75, 3.05) is 17.3 Å². The van der Waals surface area contributed by atoms with Crippen LogP contribution >= 0.6 is 11.6 Å². The molecule has 0 heterocycles. The molecule has 0 fully saturated rings. The summed E-state index contributed by atoms with van der Waals surface area (Å²) in [4.78, 5) is 25.1. The van der Waals surface area contributed by atoms with Crippen LogP contribution in [0.3, 0.4) is 0 Å². The molecule has 2 aromatic rings. The summed E-state index contributed by atoms with van der Waals surface area (Å²) in [5, 5.41) is 2.88. The van der Waals surface area contributed by atoms with Crippen LogP contribution in [0, 0.1) is 5.82 Å². The summed E-state index contributed by atoms with van der Waals surface area (Å²) >= 11 is 5.97. The lowest BCUT2D eigenvalue weighted by molar-refractivity contribution is -0.116. The molecule has 0 saturated carbocycles. The average molecular weight is 321 g/mol. The molecule has 6 heteroatoms. The predicted octanol–water partition coefficient (Wildman–Crippen LogP) is 3.71. The Balaban J connectivity index is 2.37. The number of carbonyl (C=O) groups excluding carboxylic acids is 2. The van der Waals surface area contributed by atoms with E-state index >= 15 is 0 Å². The van der Waals surface area contributed by atoms with Crippen molar-refractivity contribution in [2.45, 2.75) is 6.92 Å². The predicted molar refractivity (Wildman–Crippen MR) is 84.9 cm³/mol. The largest absolute Gasteiger partial charge is 0.320 e. The van der Waals surface area contributed by atoms with Crippen LogP contribution in [-0.4, -0.2) is 18.9 Å². The van der Waals surface area contributed by atoms with Crippen molar-refractivity contribution in [1.82, 2.24) is 0 Å². The van der Waals surface area contributed by atoms with Crippen molar-refractivity contribution in [3.63, 3.8) is 0 Å². The van der Waals surface area contributed by atoms with Crippen LogP contribution < -0.4 is 10.2 Å². The highest BCUT2D eigenvalue weighted by atomic mass is 35.5. The van der Waals surface area contributed by atoms with Crippen molar-refractivity contribution in [3.8, 4) is 0 Å². The molecule has 4 nitrogen and oxygen atoms in total. The van der Waals surface area contributed by atoms with Crippen molar-refractivity contribution in [2.24, 2.45) is 0 Å². The van der Waals surface area contributed by atoms with Gasteiger partial charge in [0.15, 0.2) is 0 Å². The molecule has 0 radical (unpaired) electrons. The Bertz CT molecular complexity index is 734. The number of benzene rings is 2. The quantitative estimate of drug-likeness (QED) is 0.937. The highest BCUT2D eigenvalue weighted by molar-refractivity contribution is 6.34. The van der Waals surface area contributed by atoms with Gasteiger partial charge in [0.1, 0.15) is 5.82 Å². The second kappa shape index (κ2) is 6.58. The average Bonchev–Trinajstić information content (AvgIpc) is 2.47. The molecule has 0 aliphatic rings. The second-order valence-corrected chi connectivity index (χ2v) is 5.08. The maximum atomic E-state index is 13.5. The van der Waals surface area contributed by atoms with Crippen LogP contribution in [0.1, 0.15) is 17.3 Å². The van der Waals surface area contributed by atoms with E-state index in [0.29, 0.717) is 5.69 Å². The Kier molecular flexibility index (Phi) is 4.78. The zero-order valence-corrected chi connectivity index (χ0v) is 12.8. The number of nitrogens with zero attached hydrogens (tertiary/aromatic N) is 1. The third-order valence-corrected chi connectivity index (χ3v) is 3.49.